The molecule has 0 radical (unpaired) electrons. The molecular formula is C12H14N4O3S. The molecule has 0 atom stereocenters. The van der Waals surface area contributed by atoms with E-state index in [4.69, 9.17) is 0 Å². The number of carbonyl (C=O) groups excluding carboxylic acids is 3. The van der Waals surface area contributed by atoms with Gasteiger partial charge in [-0.1, -0.05) is 6.07 Å². The molecule has 0 bridgehead atoms. The average molecular weight is 294 g/mol. The Bertz CT molecular complexity index is 523. The molecule has 8 heteroatoms. The molecule has 2 N–H and O–H groups in total. The van der Waals surface area contributed by atoms with Crippen LogP contribution in [-0.4, -0.2) is 53.4 Å². The quantitative estimate of drug-likeness (QED) is 0.781. The van der Waals surface area contributed by atoms with Gasteiger partial charge in [-0.2, -0.15) is 0 Å². The van der Waals surface area contributed by atoms with E-state index in [0.29, 0.717) is 19.6 Å². The number of thiophene rings is 1. The highest BCUT2D eigenvalue weighted by Gasteiger charge is 2.42. The normalized spacial score (nSPS) is 19.0. The molecule has 0 spiro atoms. The summed E-state index contributed by atoms with van der Waals surface area (Å²) in [7, 11) is 0. The van der Waals surface area contributed by atoms with Crippen molar-refractivity contribution >= 4 is 29.3 Å². The third-order valence-electron chi connectivity index (χ3n) is 3.39. The van der Waals surface area contributed by atoms with Crippen LogP contribution in [0.1, 0.15) is 4.88 Å². The van der Waals surface area contributed by atoms with Crippen molar-refractivity contribution < 1.29 is 14.4 Å². The van der Waals surface area contributed by atoms with Gasteiger partial charge < -0.3 is 15.5 Å². The van der Waals surface area contributed by atoms with Crippen molar-refractivity contribution in [1.29, 1.82) is 0 Å². The van der Waals surface area contributed by atoms with Gasteiger partial charge in [-0.15, -0.1) is 11.3 Å². The Hall–Kier alpha value is -2.09. The van der Waals surface area contributed by atoms with Gasteiger partial charge >= 0.3 is 12.1 Å². The minimum Gasteiger partial charge on any atom is -0.333 e. The van der Waals surface area contributed by atoms with Crippen LogP contribution < -0.4 is 10.6 Å². The first kappa shape index (κ1) is 12.9. The molecule has 1 aromatic rings. The van der Waals surface area contributed by atoms with Gasteiger partial charge in [0.2, 0.25) is 5.91 Å². The second kappa shape index (κ2) is 5.12. The number of hydrogen-bond acceptors (Lipinski definition) is 4. The molecule has 0 saturated carbocycles. The molecule has 20 heavy (non-hydrogen) atoms. The molecular weight excluding hydrogens is 280 g/mol. The van der Waals surface area contributed by atoms with E-state index in [1.54, 1.807) is 16.2 Å². The number of likely N-dealkylation sites (tertiary alicyclic amines) is 1. The molecule has 2 aliphatic rings. The topological polar surface area (TPSA) is 81.8 Å². The maximum Gasteiger partial charge on any atom is 0.324 e. The number of imide groups is 1. The lowest BCUT2D eigenvalue weighted by atomic mass is 10.1. The SMILES string of the molecule is O=C(NCc1cccs1)N1CC(N2C(=O)CNC2=O)C1. The van der Waals surface area contributed by atoms with Crippen molar-refractivity contribution in [3.63, 3.8) is 0 Å². The van der Waals surface area contributed by atoms with Crippen LogP contribution in [0, 0.1) is 0 Å². The molecule has 0 aliphatic carbocycles. The lowest BCUT2D eigenvalue weighted by Crippen LogP contribution is -2.64. The summed E-state index contributed by atoms with van der Waals surface area (Å²) >= 11 is 1.58. The van der Waals surface area contributed by atoms with Crippen molar-refractivity contribution in [3.8, 4) is 0 Å². The van der Waals surface area contributed by atoms with E-state index in [1.165, 1.54) is 4.90 Å². The number of amides is 5. The Labute approximate surface area is 119 Å². The molecule has 7 nitrogen and oxygen atoms in total. The van der Waals surface area contributed by atoms with Gasteiger partial charge in [-0.3, -0.25) is 9.69 Å². The van der Waals surface area contributed by atoms with Crippen LogP contribution in [0.2, 0.25) is 0 Å². The maximum atomic E-state index is 11.9. The van der Waals surface area contributed by atoms with Gasteiger partial charge in [-0.05, 0) is 11.4 Å². The highest BCUT2D eigenvalue weighted by Crippen LogP contribution is 2.18. The predicted molar refractivity (Wildman–Crippen MR) is 72.2 cm³/mol. The van der Waals surface area contributed by atoms with Crippen LogP contribution in [0.5, 0.6) is 0 Å². The lowest BCUT2D eigenvalue weighted by Gasteiger charge is -2.42. The largest absolute Gasteiger partial charge is 0.333 e. The minimum absolute atomic E-state index is 0.0555. The Morgan fingerprint density at radius 2 is 2.25 bits per heavy atom. The van der Waals surface area contributed by atoms with Crippen LogP contribution >= 0.6 is 11.3 Å². The smallest absolute Gasteiger partial charge is 0.324 e. The molecule has 0 aromatic carbocycles. The van der Waals surface area contributed by atoms with Crippen LogP contribution in [0.15, 0.2) is 17.5 Å². The minimum atomic E-state index is -0.362. The molecule has 106 valence electrons. The summed E-state index contributed by atoms with van der Waals surface area (Å²) in [5.41, 5.74) is 0. The number of nitrogens with one attached hydrogen (secondary N) is 2. The summed E-state index contributed by atoms with van der Waals surface area (Å²) in [5.74, 6) is -0.223. The highest BCUT2D eigenvalue weighted by molar-refractivity contribution is 7.09. The van der Waals surface area contributed by atoms with E-state index >= 15 is 0 Å². The van der Waals surface area contributed by atoms with Crippen LogP contribution in [-0.2, 0) is 11.3 Å². The van der Waals surface area contributed by atoms with Crippen LogP contribution in [0.4, 0.5) is 9.59 Å². The fraction of sp³-hybridized carbons (Fsp3) is 0.417. The first-order valence-electron chi connectivity index (χ1n) is 6.30. The summed E-state index contributed by atoms with van der Waals surface area (Å²) in [6.07, 6.45) is 0. The van der Waals surface area contributed by atoms with Gasteiger partial charge in [0.15, 0.2) is 0 Å². The van der Waals surface area contributed by atoms with Gasteiger partial charge in [0.25, 0.3) is 0 Å². The van der Waals surface area contributed by atoms with E-state index < -0.39 is 0 Å². The van der Waals surface area contributed by atoms with Gasteiger partial charge in [0.1, 0.15) is 0 Å². The fourth-order valence-electron chi connectivity index (χ4n) is 2.28. The van der Waals surface area contributed by atoms with Gasteiger partial charge in [-0.25, -0.2) is 9.59 Å². The summed E-state index contributed by atoms with van der Waals surface area (Å²) in [6, 6.07) is 3.17. The number of nitrogens with zero attached hydrogens (tertiary/aromatic N) is 2. The van der Waals surface area contributed by atoms with E-state index in [1.807, 2.05) is 17.5 Å². The number of rotatable bonds is 3. The molecule has 1 aromatic heterocycles. The standard InChI is InChI=1S/C12H14N4O3S/c17-10-5-14-12(19)16(10)8-6-15(7-8)11(18)13-4-9-2-1-3-20-9/h1-3,8H,4-7H2,(H,13,18)(H,14,19). The summed E-state index contributed by atoms with van der Waals surface area (Å²) in [6.45, 7) is 1.35. The third-order valence-corrected chi connectivity index (χ3v) is 4.26. The van der Waals surface area contributed by atoms with E-state index in [-0.39, 0.29) is 30.6 Å². The Morgan fingerprint density at radius 3 is 2.85 bits per heavy atom. The van der Waals surface area contributed by atoms with Crippen molar-refractivity contribution in [2.75, 3.05) is 19.6 Å². The van der Waals surface area contributed by atoms with E-state index in [9.17, 15) is 14.4 Å². The van der Waals surface area contributed by atoms with E-state index in [2.05, 4.69) is 10.6 Å². The average Bonchev–Trinajstić information content (AvgIpc) is 2.99. The fourth-order valence-corrected chi connectivity index (χ4v) is 2.92. The Balaban J connectivity index is 1.46. The van der Waals surface area contributed by atoms with E-state index in [0.717, 1.165) is 4.88 Å². The summed E-state index contributed by atoms with van der Waals surface area (Å²) in [5, 5.41) is 7.25. The zero-order chi connectivity index (χ0) is 14.1. The molecule has 0 unspecified atom stereocenters. The predicted octanol–water partition coefficient (Wildman–Crippen LogP) is 0.194. The molecule has 5 amide bonds. The van der Waals surface area contributed by atoms with Crippen LogP contribution in [0.25, 0.3) is 0 Å². The Kier molecular flexibility index (Phi) is 3.31. The maximum absolute atomic E-state index is 11.9. The second-order valence-corrected chi connectivity index (χ2v) is 5.75. The molecule has 3 rings (SSSR count). The molecule has 3 heterocycles. The number of carbonyl (C=O) groups is 3. The number of hydrogen-bond donors (Lipinski definition) is 2. The molecule has 2 saturated heterocycles. The van der Waals surface area contributed by atoms with Crippen molar-refractivity contribution in [2.45, 2.75) is 12.6 Å². The first-order chi connectivity index (χ1) is 9.65. The number of urea groups is 2. The zero-order valence-electron chi connectivity index (χ0n) is 10.7. The molecule has 2 fully saturated rings. The van der Waals surface area contributed by atoms with Crippen molar-refractivity contribution in [3.05, 3.63) is 22.4 Å². The van der Waals surface area contributed by atoms with Gasteiger partial charge in [0, 0.05) is 18.0 Å². The molecule has 2 aliphatic heterocycles. The Morgan fingerprint density at radius 1 is 1.45 bits per heavy atom. The zero-order valence-corrected chi connectivity index (χ0v) is 11.5. The monoisotopic (exact) mass is 294 g/mol. The summed E-state index contributed by atoms with van der Waals surface area (Å²) in [4.78, 5) is 38.7. The van der Waals surface area contributed by atoms with Crippen LogP contribution in [0.3, 0.4) is 0 Å². The highest BCUT2D eigenvalue weighted by atomic mass is 32.1. The first-order valence-corrected chi connectivity index (χ1v) is 7.18. The summed E-state index contributed by atoms with van der Waals surface area (Å²) < 4.78 is 0. The lowest BCUT2D eigenvalue weighted by molar-refractivity contribution is -0.128. The second-order valence-electron chi connectivity index (χ2n) is 4.72. The van der Waals surface area contributed by atoms with Crippen molar-refractivity contribution in [2.24, 2.45) is 0 Å². The van der Waals surface area contributed by atoms with Crippen molar-refractivity contribution in [1.82, 2.24) is 20.4 Å². The van der Waals surface area contributed by atoms with Gasteiger partial charge in [0.05, 0.1) is 19.1 Å². The third kappa shape index (κ3) is 2.34.